The number of ether oxygens (including phenoxy) is 1. The molecule has 5 nitrogen and oxygen atoms in total. The van der Waals surface area contributed by atoms with Crippen molar-refractivity contribution < 1.29 is 4.74 Å². The lowest BCUT2D eigenvalue weighted by molar-refractivity contribution is 0.139. The van der Waals surface area contributed by atoms with Gasteiger partial charge in [-0.05, 0) is 24.5 Å². The van der Waals surface area contributed by atoms with Crippen LogP contribution in [0.4, 0.5) is 0 Å². The number of aromatic nitrogens is 1. The van der Waals surface area contributed by atoms with Gasteiger partial charge in [-0.2, -0.15) is 0 Å². The minimum Gasteiger partial charge on any atom is -0.383 e. The summed E-state index contributed by atoms with van der Waals surface area (Å²) in [5.74, 6) is 0.0353. The van der Waals surface area contributed by atoms with Gasteiger partial charge in [0.25, 0.3) is 0 Å². The van der Waals surface area contributed by atoms with Crippen LogP contribution in [-0.4, -0.2) is 42.0 Å². The Hall–Kier alpha value is -1.46. The van der Waals surface area contributed by atoms with E-state index < -0.39 is 0 Å². The maximum atomic E-state index is 7.55. The number of nitrogens with zero attached hydrogens (tertiary/aromatic N) is 2. The molecule has 1 aromatic heterocycles. The maximum Gasteiger partial charge on any atom is 0.142 e. The van der Waals surface area contributed by atoms with Crippen LogP contribution in [-0.2, 0) is 11.3 Å². The number of rotatable bonds is 7. The molecule has 1 fully saturated rings. The average Bonchev–Trinajstić information content (AvgIpc) is 3.19. The molecule has 1 aliphatic rings. The highest BCUT2D eigenvalue weighted by Crippen LogP contribution is 2.28. The lowest BCUT2D eigenvalue weighted by atomic mass is 10.1. The second kappa shape index (κ2) is 5.93. The molecule has 0 aliphatic heterocycles. The van der Waals surface area contributed by atoms with Crippen molar-refractivity contribution in [3.05, 3.63) is 29.6 Å². The number of nitrogen functional groups attached to an aromatic ring is 1. The molecule has 0 spiro atoms. The van der Waals surface area contributed by atoms with Crippen molar-refractivity contribution in [1.82, 2.24) is 9.88 Å². The van der Waals surface area contributed by atoms with E-state index in [0.717, 1.165) is 25.3 Å². The van der Waals surface area contributed by atoms with Crippen LogP contribution in [0.2, 0.25) is 0 Å². The fourth-order valence-electron chi connectivity index (χ4n) is 2.07. The Bertz CT molecular complexity index is 417. The summed E-state index contributed by atoms with van der Waals surface area (Å²) in [5, 5.41) is 7.55. The summed E-state index contributed by atoms with van der Waals surface area (Å²) < 4.78 is 5.14. The van der Waals surface area contributed by atoms with E-state index >= 15 is 0 Å². The molecular weight excluding hydrogens is 228 g/mol. The highest BCUT2D eigenvalue weighted by atomic mass is 16.5. The smallest absolute Gasteiger partial charge is 0.142 e. The van der Waals surface area contributed by atoms with E-state index in [1.807, 2.05) is 12.1 Å². The Morgan fingerprint density at radius 2 is 2.39 bits per heavy atom. The van der Waals surface area contributed by atoms with Crippen molar-refractivity contribution in [1.29, 1.82) is 5.41 Å². The van der Waals surface area contributed by atoms with Crippen LogP contribution in [0.3, 0.4) is 0 Å². The van der Waals surface area contributed by atoms with Gasteiger partial charge in [0.15, 0.2) is 0 Å². The van der Waals surface area contributed by atoms with Crippen LogP contribution in [0, 0.1) is 5.41 Å². The highest BCUT2D eigenvalue weighted by Gasteiger charge is 2.29. The molecule has 1 heterocycles. The van der Waals surface area contributed by atoms with Crippen LogP contribution in [0.25, 0.3) is 0 Å². The summed E-state index contributed by atoms with van der Waals surface area (Å²) in [6.07, 6.45) is 4.18. The number of methoxy groups -OCH3 is 1. The summed E-state index contributed by atoms with van der Waals surface area (Å²) in [6.45, 7) is 2.43. The van der Waals surface area contributed by atoms with E-state index in [2.05, 4.69) is 9.88 Å². The minimum absolute atomic E-state index is 0.0353. The molecule has 1 saturated carbocycles. The largest absolute Gasteiger partial charge is 0.383 e. The fraction of sp³-hybridized carbons (Fsp3) is 0.538. The molecule has 0 radical (unpaired) electrons. The number of nitrogens with one attached hydrogen (secondary N) is 1. The van der Waals surface area contributed by atoms with Crippen molar-refractivity contribution in [2.45, 2.75) is 25.4 Å². The first kappa shape index (κ1) is 13.0. The molecule has 0 amide bonds. The zero-order chi connectivity index (χ0) is 13.0. The second-order valence-electron chi connectivity index (χ2n) is 4.62. The third-order valence-electron chi connectivity index (χ3n) is 3.17. The molecule has 0 unspecified atom stereocenters. The predicted octanol–water partition coefficient (Wildman–Crippen LogP) is 0.976. The van der Waals surface area contributed by atoms with E-state index in [4.69, 9.17) is 15.9 Å². The summed E-state index contributed by atoms with van der Waals surface area (Å²) in [7, 11) is 1.72. The number of amidine groups is 1. The molecule has 0 aromatic carbocycles. The predicted molar refractivity (Wildman–Crippen MR) is 70.6 cm³/mol. The van der Waals surface area contributed by atoms with Crippen LogP contribution < -0.4 is 5.73 Å². The van der Waals surface area contributed by atoms with Gasteiger partial charge in [-0.3, -0.25) is 15.3 Å². The zero-order valence-electron chi connectivity index (χ0n) is 10.7. The molecule has 3 N–H and O–H groups in total. The van der Waals surface area contributed by atoms with E-state index in [1.54, 1.807) is 13.3 Å². The van der Waals surface area contributed by atoms with Gasteiger partial charge >= 0.3 is 0 Å². The Morgan fingerprint density at radius 1 is 1.61 bits per heavy atom. The van der Waals surface area contributed by atoms with E-state index in [-0.39, 0.29) is 5.84 Å². The summed E-state index contributed by atoms with van der Waals surface area (Å²) in [5.41, 5.74) is 7.18. The van der Waals surface area contributed by atoms with Crippen molar-refractivity contribution in [2.24, 2.45) is 5.73 Å². The molecule has 0 saturated heterocycles. The second-order valence-corrected chi connectivity index (χ2v) is 4.62. The van der Waals surface area contributed by atoms with Gasteiger partial charge in [-0.15, -0.1) is 0 Å². The molecule has 1 aliphatic carbocycles. The van der Waals surface area contributed by atoms with Gasteiger partial charge in [0.1, 0.15) is 11.5 Å². The van der Waals surface area contributed by atoms with Gasteiger partial charge in [0.05, 0.1) is 6.61 Å². The zero-order valence-corrected chi connectivity index (χ0v) is 10.7. The van der Waals surface area contributed by atoms with Gasteiger partial charge in [0, 0.05) is 32.4 Å². The molecule has 2 rings (SSSR count). The number of nitrogens with two attached hydrogens (primary N) is 1. The van der Waals surface area contributed by atoms with Crippen molar-refractivity contribution >= 4 is 5.84 Å². The first-order chi connectivity index (χ1) is 8.72. The lowest BCUT2D eigenvalue weighted by Crippen LogP contribution is -2.30. The van der Waals surface area contributed by atoms with E-state index in [1.165, 1.54) is 12.8 Å². The van der Waals surface area contributed by atoms with E-state index in [9.17, 15) is 0 Å². The number of hydrogen-bond donors (Lipinski definition) is 2. The van der Waals surface area contributed by atoms with Crippen molar-refractivity contribution in [3.8, 4) is 0 Å². The quantitative estimate of drug-likeness (QED) is 0.557. The Labute approximate surface area is 107 Å². The average molecular weight is 248 g/mol. The van der Waals surface area contributed by atoms with Crippen LogP contribution in [0.15, 0.2) is 18.3 Å². The molecule has 5 heteroatoms. The van der Waals surface area contributed by atoms with Crippen LogP contribution in [0.5, 0.6) is 0 Å². The topological polar surface area (TPSA) is 75.2 Å². The molecule has 98 valence electrons. The van der Waals surface area contributed by atoms with Gasteiger partial charge in [0.2, 0.25) is 0 Å². The van der Waals surface area contributed by atoms with Crippen molar-refractivity contribution in [3.63, 3.8) is 0 Å². The van der Waals surface area contributed by atoms with Crippen LogP contribution >= 0.6 is 0 Å². The fourth-order valence-corrected chi connectivity index (χ4v) is 2.07. The minimum atomic E-state index is 0.0353. The van der Waals surface area contributed by atoms with Gasteiger partial charge in [-0.1, -0.05) is 6.07 Å². The first-order valence-corrected chi connectivity index (χ1v) is 6.23. The Balaban J connectivity index is 2.08. The molecule has 0 bridgehead atoms. The Morgan fingerprint density at radius 3 is 3.00 bits per heavy atom. The van der Waals surface area contributed by atoms with Gasteiger partial charge < -0.3 is 10.5 Å². The van der Waals surface area contributed by atoms with Crippen molar-refractivity contribution in [2.75, 3.05) is 20.3 Å². The third kappa shape index (κ3) is 3.27. The van der Waals surface area contributed by atoms with Gasteiger partial charge in [-0.25, -0.2) is 0 Å². The molecule has 1 aromatic rings. The summed E-state index contributed by atoms with van der Waals surface area (Å²) in [6, 6.07) is 4.54. The monoisotopic (exact) mass is 248 g/mol. The Kier molecular flexibility index (Phi) is 4.28. The third-order valence-corrected chi connectivity index (χ3v) is 3.17. The molecule has 0 atom stereocenters. The molecular formula is C13H20N4O. The summed E-state index contributed by atoms with van der Waals surface area (Å²) >= 11 is 0. The normalized spacial score (nSPS) is 15.0. The highest BCUT2D eigenvalue weighted by molar-refractivity contribution is 5.94. The lowest BCUT2D eigenvalue weighted by Gasteiger charge is -2.22. The SMILES string of the molecule is COCCN(Cc1cccnc1C(=N)N)C1CC1. The summed E-state index contributed by atoms with van der Waals surface area (Å²) in [4.78, 5) is 6.57. The van der Waals surface area contributed by atoms with E-state index in [0.29, 0.717) is 11.7 Å². The first-order valence-electron chi connectivity index (χ1n) is 6.23. The number of hydrogen-bond acceptors (Lipinski definition) is 4. The standard InChI is InChI=1S/C13H20N4O/c1-18-8-7-17(11-4-5-11)9-10-3-2-6-16-12(10)13(14)15/h2-3,6,11H,4-5,7-9H2,1H3,(H3,14,15). The maximum absolute atomic E-state index is 7.55. The number of pyridine rings is 1. The molecule has 18 heavy (non-hydrogen) atoms. The van der Waals surface area contributed by atoms with Crippen LogP contribution in [0.1, 0.15) is 24.1 Å².